The van der Waals surface area contributed by atoms with Crippen molar-refractivity contribution in [3.05, 3.63) is 40.7 Å². The van der Waals surface area contributed by atoms with E-state index in [0.29, 0.717) is 51.5 Å². The number of benzene rings is 2. The average molecular weight is 445 g/mol. The lowest BCUT2D eigenvalue weighted by atomic mass is 10.1. The number of H-pyrrole nitrogens is 1. The highest BCUT2D eigenvalue weighted by Crippen LogP contribution is 2.40. The second-order valence-electron chi connectivity index (χ2n) is 6.17. The fraction of sp³-hybridized carbons (Fsp3) is 0.286. The molecule has 1 aromatic heterocycles. The van der Waals surface area contributed by atoms with Gasteiger partial charge in [-0.05, 0) is 55.0 Å². The maximum Gasteiger partial charge on any atom is 0.216 e. The monoisotopic (exact) mass is 444 g/mol. The Bertz CT molecular complexity index is 1110. The molecule has 10 heteroatoms. The van der Waals surface area contributed by atoms with Crippen molar-refractivity contribution < 1.29 is 23.7 Å². The van der Waals surface area contributed by atoms with Gasteiger partial charge in [0.2, 0.25) is 10.5 Å². The third kappa shape index (κ3) is 4.64. The SMILES string of the molecule is CCOc1ccc(C=Nn2c(-c3cc(OC)c(OC)c(OC)c3)n[nH]c2=S)cc1OC. The highest BCUT2D eigenvalue weighted by molar-refractivity contribution is 7.71. The van der Waals surface area contributed by atoms with Gasteiger partial charge in [0, 0.05) is 5.56 Å². The first-order chi connectivity index (χ1) is 15.1. The van der Waals surface area contributed by atoms with Gasteiger partial charge in [0.25, 0.3) is 0 Å². The van der Waals surface area contributed by atoms with Crippen LogP contribution in [0.2, 0.25) is 0 Å². The molecule has 3 rings (SSSR count). The number of aromatic amines is 1. The van der Waals surface area contributed by atoms with Gasteiger partial charge in [0.1, 0.15) is 0 Å². The highest BCUT2D eigenvalue weighted by atomic mass is 32.1. The van der Waals surface area contributed by atoms with E-state index in [4.69, 9.17) is 35.9 Å². The fourth-order valence-electron chi connectivity index (χ4n) is 2.96. The van der Waals surface area contributed by atoms with Crippen molar-refractivity contribution in [2.75, 3.05) is 35.0 Å². The van der Waals surface area contributed by atoms with E-state index in [1.165, 1.54) is 4.68 Å². The van der Waals surface area contributed by atoms with Crippen LogP contribution in [-0.4, -0.2) is 56.1 Å². The molecule has 0 saturated heterocycles. The molecule has 0 spiro atoms. The molecule has 1 heterocycles. The molecule has 2 aromatic carbocycles. The normalized spacial score (nSPS) is 10.9. The third-order valence-electron chi connectivity index (χ3n) is 4.38. The Hall–Kier alpha value is -3.53. The van der Waals surface area contributed by atoms with E-state index in [1.54, 1.807) is 46.8 Å². The molecule has 0 aliphatic carbocycles. The molecule has 9 nitrogen and oxygen atoms in total. The van der Waals surface area contributed by atoms with E-state index in [-0.39, 0.29) is 0 Å². The van der Waals surface area contributed by atoms with Crippen LogP contribution in [0.4, 0.5) is 0 Å². The molecule has 0 amide bonds. The Morgan fingerprint density at radius 1 is 0.968 bits per heavy atom. The van der Waals surface area contributed by atoms with Crippen molar-refractivity contribution in [1.82, 2.24) is 14.9 Å². The molecule has 0 bridgehead atoms. The molecule has 0 aliphatic heterocycles. The lowest BCUT2D eigenvalue weighted by Crippen LogP contribution is -1.99. The summed E-state index contributed by atoms with van der Waals surface area (Å²) in [7, 11) is 6.24. The molecular weight excluding hydrogens is 420 g/mol. The minimum atomic E-state index is 0.331. The molecule has 3 aromatic rings. The van der Waals surface area contributed by atoms with Crippen molar-refractivity contribution in [1.29, 1.82) is 0 Å². The van der Waals surface area contributed by atoms with Crippen LogP contribution in [0.5, 0.6) is 28.7 Å². The maximum absolute atomic E-state index is 5.55. The van der Waals surface area contributed by atoms with E-state index in [9.17, 15) is 0 Å². The van der Waals surface area contributed by atoms with Crippen LogP contribution >= 0.6 is 12.2 Å². The summed E-state index contributed by atoms with van der Waals surface area (Å²) >= 11 is 5.36. The van der Waals surface area contributed by atoms with Crippen LogP contribution in [0.15, 0.2) is 35.4 Å². The summed E-state index contributed by atoms with van der Waals surface area (Å²) in [6.45, 7) is 2.46. The van der Waals surface area contributed by atoms with Gasteiger partial charge in [-0.1, -0.05) is 0 Å². The largest absolute Gasteiger partial charge is 0.493 e. The average Bonchev–Trinajstić information content (AvgIpc) is 3.17. The molecule has 0 unspecified atom stereocenters. The van der Waals surface area contributed by atoms with Gasteiger partial charge in [0.05, 0.1) is 41.3 Å². The number of ether oxygens (including phenoxy) is 5. The van der Waals surface area contributed by atoms with Crippen molar-refractivity contribution in [3.63, 3.8) is 0 Å². The van der Waals surface area contributed by atoms with Gasteiger partial charge in [-0.15, -0.1) is 0 Å². The van der Waals surface area contributed by atoms with E-state index in [1.807, 2.05) is 25.1 Å². The summed E-state index contributed by atoms with van der Waals surface area (Å²) in [5, 5.41) is 11.6. The first kappa shape index (κ1) is 22.2. The van der Waals surface area contributed by atoms with Crippen LogP contribution in [0.1, 0.15) is 12.5 Å². The van der Waals surface area contributed by atoms with E-state index < -0.39 is 0 Å². The second kappa shape index (κ2) is 9.98. The molecule has 1 N–H and O–H groups in total. The Balaban J connectivity index is 2.02. The van der Waals surface area contributed by atoms with E-state index in [0.717, 1.165) is 5.56 Å². The molecule has 0 saturated carbocycles. The third-order valence-corrected chi connectivity index (χ3v) is 4.65. The maximum atomic E-state index is 5.55. The minimum Gasteiger partial charge on any atom is -0.493 e. The highest BCUT2D eigenvalue weighted by Gasteiger charge is 2.17. The zero-order chi connectivity index (χ0) is 22.4. The van der Waals surface area contributed by atoms with Crippen LogP contribution in [0.3, 0.4) is 0 Å². The minimum absolute atomic E-state index is 0.331. The lowest BCUT2D eigenvalue weighted by Gasteiger charge is -2.13. The first-order valence-corrected chi connectivity index (χ1v) is 9.80. The number of nitrogens with one attached hydrogen (secondary N) is 1. The number of nitrogens with zero attached hydrogens (tertiary/aromatic N) is 3. The quantitative estimate of drug-likeness (QED) is 0.395. The second-order valence-corrected chi connectivity index (χ2v) is 6.55. The molecule has 0 fully saturated rings. The van der Waals surface area contributed by atoms with E-state index >= 15 is 0 Å². The number of rotatable bonds is 9. The van der Waals surface area contributed by atoms with Gasteiger partial charge in [-0.25, -0.2) is 5.10 Å². The van der Waals surface area contributed by atoms with E-state index in [2.05, 4.69) is 15.3 Å². The summed E-state index contributed by atoms with van der Waals surface area (Å²) < 4.78 is 29.0. The molecular formula is C21H24N4O5S. The topological polar surface area (TPSA) is 92.1 Å². The van der Waals surface area contributed by atoms with Crippen LogP contribution in [0, 0.1) is 4.77 Å². The standard InChI is InChI=1S/C21H24N4O5S/c1-6-30-15-8-7-13(9-16(15)26-2)12-22-25-20(23-24-21(25)31)14-10-17(27-3)19(29-5)18(11-14)28-4/h7-12H,6H2,1-5H3,(H,24,31). The Morgan fingerprint density at radius 2 is 1.65 bits per heavy atom. The summed E-state index contributed by atoms with van der Waals surface area (Å²) in [6, 6.07) is 9.09. The fourth-order valence-corrected chi connectivity index (χ4v) is 3.14. The number of methoxy groups -OCH3 is 4. The summed E-state index contributed by atoms with van der Waals surface area (Å²) in [5.74, 6) is 3.25. The predicted octanol–water partition coefficient (Wildman–Crippen LogP) is 3.92. The zero-order valence-corrected chi connectivity index (χ0v) is 18.8. The summed E-state index contributed by atoms with van der Waals surface area (Å²) in [5.41, 5.74) is 1.49. The molecule has 0 atom stereocenters. The molecule has 31 heavy (non-hydrogen) atoms. The van der Waals surface area contributed by atoms with Crippen molar-refractivity contribution in [2.45, 2.75) is 6.92 Å². The van der Waals surface area contributed by atoms with Gasteiger partial charge >= 0.3 is 0 Å². The Morgan fingerprint density at radius 3 is 2.23 bits per heavy atom. The van der Waals surface area contributed by atoms with Crippen LogP contribution in [0.25, 0.3) is 11.4 Å². The van der Waals surface area contributed by atoms with Crippen LogP contribution < -0.4 is 23.7 Å². The summed E-state index contributed by atoms with van der Waals surface area (Å²) in [4.78, 5) is 0. The number of hydrogen-bond donors (Lipinski definition) is 1. The lowest BCUT2D eigenvalue weighted by molar-refractivity contribution is 0.311. The van der Waals surface area contributed by atoms with Gasteiger partial charge < -0.3 is 23.7 Å². The van der Waals surface area contributed by atoms with Gasteiger partial charge in [-0.2, -0.15) is 14.9 Å². The predicted molar refractivity (Wildman–Crippen MR) is 120 cm³/mol. The van der Waals surface area contributed by atoms with Crippen LogP contribution in [-0.2, 0) is 0 Å². The molecule has 164 valence electrons. The Kier molecular flexibility index (Phi) is 7.14. The number of hydrogen-bond acceptors (Lipinski definition) is 8. The van der Waals surface area contributed by atoms with Gasteiger partial charge in [0.15, 0.2) is 28.8 Å². The first-order valence-electron chi connectivity index (χ1n) is 9.39. The molecule has 0 aliphatic rings. The molecule has 0 radical (unpaired) electrons. The van der Waals surface area contributed by atoms with Crippen molar-refractivity contribution in [2.24, 2.45) is 5.10 Å². The summed E-state index contributed by atoms with van der Waals surface area (Å²) in [6.07, 6.45) is 1.66. The number of aromatic nitrogens is 3. The van der Waals surface area contributed by atoms with Crippen molar-refractivity contribution >= 4 is 18.4 Å². The Labute approximate surface area is 185 Å². The smallest absolute Gasteiger partial charge is 0.216 e. The van der Waals surface area contributed by atoms with Gasteiger partial charge in [-0.3, -0.25) is 0 Å². The van der Waals surface area contributed by atoms with Crippen molar-refractivity contribution in [3.8, 4) is 40.1 Å². The zero-order valence-electron chi connectivity index (χ0n) is 18.0.